The molecule has 16 nitrogen and oxygen atoms in total. The number of aliphatic carboxylic acids is 2. The number of carboxylic acids is 2. The number of halogens is 1. The van der Waals surface area contributed by atoms with Gasteiger partial charge in [-0.1, -0.05) is 41.4 Å². The number of hydrogen-bond acceptors (Lipinski definition) is 13. The summed E-state index contributed by atoms with van der Waals surface area (Å²) in [7, 11) is 0. The summed E-state index contributed by atoms with van der Waals surface area (Å²) in [6.07, 6.45) is 3.90. The summed E-state index contributed by atoms with van der Waals surface area (Å²) in [6.45, 7) is 6.10. The van der Waals surface area contributed by atoms with Gasteiger partial charge in [0, 0.05) is 30.3 Å². The highest BCUT2D eigenvalue weighted by molar-refractivity contribution is 8.00. The molecule has 2 aliphatic rings. The van der Waals surface area contributed by atoms with Crippen molar-refractivity contribution < 1.29 is 38.8 Å². The molecule has 1 saturated heterocycles. The Labute approximate surface area is 294 Å². The fourth-order valence-electron chi connectivity index (χ4n) is 5.46. The van der Waals surface area contributed by atoms with E-state index in [-0.39, 0.29) is 39.2 Å². The van der Waals surface area contributed by atoms with Gasteiger partial charge < -0.3 is 41.2 Å². The molecule has 262 valence electrons. The van der Waals surface area contributed by atoms with Gasteiger partial charge in [-0.2, -0.15) is 0 Å². The number of unbranched alkanes of at least 4 members (excludes halogenated alkanes) is 1. The van der Waals surface area contributed by atoms with Crippen LogP contribution < -0.4 is 26.5 Å². The van der Waals surface area contributed by atoms with Crippen LogP contribution in [0.25, 0.3) is 11.2 Å². The summed E-state index contributed by atoms with van der Waals surface area (Å²) < 4.78 is 4.01. The Balaban J connectivity index is 1.40. The molecule has 2 amide bonds. The fourth-order valence-corrected chi connectivity index (χ4v) is 7.72. The third-order valence-corrected chi connectivity index (χ3v) is 10.4. The topological polar surface area (TPSA) is 235 Å². The lowest BCUT2D eigenvalue weighted by molar-refractivity contribution is -0.664. The summed E-state index contributed by atoms with van der Waals surface area (Å²) >= 11 is 8.32. The van der Waals surface area contributed by atoms with Crippen molar-refractivity contribution in [2.45, 2.75) is 83.1 Å². The van der Waals surface area contributed by atoms with E-state index in [1.165, 1.54) is 18.7 Å². The van der Waals surface area contributed by atoms with Crippen LogP contribution in [-0.4, -0.2) is 83.3 Å². The highest BCUT2D eigenvalue weighted by atomic mass is 35.5. The number of nitrogens with one attached hydrogen (secondary N) is 1. The predicted octanol–water partition coefficient (Wildman–Crippen LogP) is 0.394. The number of amides is 2. The van der Waals surface area contributed by atoms with E-state index >= 15 is 0 Å². The zero-order valence-corrected chi connectivity index (χ0v) is 29.3. The van der Waals surface area contributed by atoms with E-state index in [2.05, 4.69) is 26.9 Å². The number of pyridine rings is 1. The Morgan fingerprint density at radius 2 is 2.08 bits per heavy atom. The van der Waals surface area contributed by atoms with Crippen molar-refractivity contribution in [1.82, 2.24) is 24.8 Å². The second-order valence-electron chi connectivity index (χ2n) is 11.7. The number of nitrogens with two attached hydrogens (primary N) is 2. The number of thioether (sulfide) groups is 1. The second kappa shape index (κ2) is 15.1. The number of carboxylic acid groups (broad SMARTS) is 2. The summed E-state index contributed by atoms with van der Waals surface area (Å²) in [5.74, 6) is -3.36. The Morgan fingerprint density at radius 3 is 2.71 bits per heavy atom. The maximum atomic E-state index is 13.4. The molecule has 5 rings (SSSR count). The number of nitrogen functional groups attached to an aromatic ring is 1. The van der Waals surface area contributed by atoms with Crippen molar-refractivity contribution >= 4 is 80.5 Å². The number of oxime groups is 1. The number of fused-ring (bicyclic) bond motifs is 2. The molecular weight excluding hydrogens is 698 g/mol. The van der Waals surface area contributed by atoms with Crippen LogP contribution in [-0.2, 0) is 43.5 Å². The fraction of sp³-hybridized carbons (Fsp3) is 0.467. The number of carbonyl (C=O) groups excluding carboxylic acids is 3. The van der Waals surface area contributed by atoms with Gasteiger partial charge >= 0.3 is 11.6 Å². The molecule has 2 unspecified atom stereocenters. The van der Waals surface area contributed by atoms with Crippen molar-refractivity contribution in [1.29, 1.82) is 0 Å². The molecule has 19 heteroatoms. The molecule has 0 radical (unpaired) electrons. The monoisotopic (exact) mass is 733 g/mol. The van der Waals surface area contributed by atoms with Crippen LogP contribution in [0.1, 0.15) is 51.6 Å². The van der Waals surface area contributed by atoms with Crippen LogP contribution in [0.4, 0.5) is 5.13 Å². The van der Waals surface area contributed by atoms with Crippen LogP contribution in [0.5, 0.6) is 0 Å². The van der Waals surface area contributed by atoms with Crippen LogP contribution in [0.15, 0.2) is 34.8 Å². The second-order valence-corrected chi connectivity index (χ2v) is 14.4. The van der Waals surface area contributed by atoms with Gasteiger partial charge in [0.2, 0.25) is 11.9 Å². The number of thiazole rings is 1. The molecule has 1 fully saturated rings. The first-order valence-electron chi connectivity index (χ1n) is 15.5. The predicted molar refractivity (Wildman–Crippen MR) is 180 cm³/mol. The van der Waals surface area contributed by atoms with Crippen LogP contribution >= 0.6 is 34.7 Å². The van der Waals surface area contributed by atoms with Crippen molar-refractivity contribution in [2.24, 2.45) is 10.9 Å². The average Bonchev–Trinajstić information content (AvgIpc) is 3.59. The zero-order valence-electron chi connectivity index (χ0n) is 26.9. The van der Waals surface area contributed by atoms with Gasteiger partial charge in [-0.3, -0.25) is 14.5 Å². The van der Waals surface area contributed by atoms with Crippen LogP contribution in [0.2, 0.25) is 4.34 Å². The van der Waals surface area contributed by atoms with E-state index in [9.17, 15) is 24.3 Å². The van der Waals surface area contributed by atoms with Gasteiger partial charge in [-0.15, -0.1) is 11.8 Å². The molecule has 0 spiro atoms. The molecule has 6 N–H and O–H groups in total. The lowest BCUT2D eigenvalue weighted by Gasteiger charge is -2.50. The van der Waals surface area contributed by atoms with Gasteiger partial charge in [0.05, 0.1) is 17.9 Å². The summed E-state index contributed by atoms with van der Waals surface area (Å²) in [5, 5.41) is 27.1. The van der Waals surface area contributed by atoms with Gasteiger partial charge in [0.1, 0.15) is 33.5 Å². The normalized spacial score (nSPS) is 19.0. The van der Waals surface area contributed by atoms with E-state index in [1.807, 2.05) is 29.8 Å². The minimum absolute atomic E-state index is 0.00900. The Kier molecular flexibility index (Phi) is 11.1. The third kappa shape index (κ3) is 7.51. The molecular formula is C30H36ClN9O7S2. The van der Waals surface area contributed by atoms with Gasteiger partial charge in [-0.25, -0.2) is 14.3 Å². The Hall–Kier alpha value is -4.26. The molecule has 5 heterocycles. The molecule has 0 bridgehead atoms. The number of rotatable bonds is 15. The Morgan fingerprint density at radius 1 is 1.33 bits per heavy atom. The maximum Gasteiger partial charge on any atom is 0.349 e. The largest absolute Gasteiger partial charge is 0.543 e. The SMILES string of the molecule is CCCCc1nc2c(ccc[n+]2CC2=C(C(=O)[O-])N3C(=O)C(NC(=O)/C(=N\O[C@@H](C)C(=O)O)c4nc(N)sc4Cl)C3SC2)n1CC[C@H](C)N. The Bertz CT molecular complexity index is 1860. The average molecular weight is 734 g/mol. The first-order valence-corrected chi connectivity index (χ1v) is 17.8. The van der Waals surface area contributed by atoms with Crippen LogP contribution in [0.3, 0.4) is 0 Å². The highest BCUT2D eigenvalue weighted by Gasteiger charge is 2.53. The zero-order chi connectivity index (χ0) is 35.6. The molecule has 4 atom stereocenters. The standard InChI is InChI=1S/C30H36ClN9O7S2/c1-4-5-8-18-34-24-17(39(18)11-9-14(2)32)7-6-10-38(24)12-16-13-48-27-21(26(42)40(27)22(16)29(45)46)35-25(41)20(37-47-15(3)28(43)44)19-23(31)49-30(33)36-19/h6-7,10,14-15,21,27H,4-5,8-9,11-13,32H2,1-3H3,(H4-,33,35,36,41,43,44,45,46)/b37-20-/t14-,15-,21?,27?/m0/s1. The van der Waals surface area contributed by atoms with E-state index in [1.54, 1.807) is 0 Å². The molecule has 3 aromatic heterocycles. The van der Waals surface area contributed by atoms with Crippen molar-refractivity contribution in [2.75, 3.05) is 11.5 Å². The number of β-lactam (4-membered cyclic amide) rings is 1. The van der Waals surface area contributed by atoms with Gasteiger partial charge in [0.15, 0.2) is 10.8 Å². The first kappa shape index (κ1) is 36.0. The van der Waals surface area contributed by atoms with E-state index < -0.39 is 47.0 Å². The number of anilines is 1. The van der Waals surface area contributed by atoms with Crippen molar-refractivity contribution in [3.05, 3.63) is 45.5 Å². The van der Waals surface area contributed by atoms with Crippen LogP contribution in [0, 0.1) is 0 Å². The highest BCUT2D eigenvalue weighted by Crippen LogP contribution is 2.40. The maximum absolute atomic E-state index is 13.4. The number of nitrogens with zero attached hydrogens (tertiary/aromatic N) is 6. The van der Waals surface area contributed by atoms with Gasteiger partial charge in [0.25, 0.3) is 11.8 Å². The minimum Gasteiger partial charge on any atom is -0.543 e. The summed E-state index contributed by atoms with van der Waals surface area (Å²) in [6, 6.07) is 2.70. The van der Waals surface area contributed by atoms with Gasteiger partial charge in [-0.05, 0) is 43.8 Å². The van der Waals surface area contributed by atoms with E-state index in [0.29, 0.717) is 17.8 Å². The molecule has 0 aliphatic carbocycles. The first-order chi connectivity index (χ1) is 23.3. The molecule has 0 aromatic carbocycles. The number of aromatic nitrogens is 4. The quantitative estimate of drug-likeness (QED) is 0.0719. The molecule has 0 saturated carbocycles. The smallest absolute Gasteiger partial charge is 0.349 e. The van der Waals surface area contributed by atoms with E-state index in [4.69, 9.17) is 38.0 Å². The molecule has 3 aromatic rings. The number of aryl methyl sites for hydroxylation is 2. The summed E-state index contributed by atoms with van der Waals surface area (Å²) in [5.41, 5.74) is 12.9. The lowest BCUT2D eigenvalue weighted by Crippen LogP contribution is -2.71. The molecule has 49 heavy (non-hydrogen) atoms. The number of hydrogen-bond donors (Lipinski definition) is 4. The lowest BCUT2D eigenvalue weighted by atomic mass is 10.0. The number of imidazole rings is 1. The minimum atomic E-state index is -1.53. The van der Waals surface area contributed by atoms with Crippen molar-refractivity contribution in [3.8, 4) is 0 Å². The summed E-state index contributed by atoms with van der Waals surface area (Å²) in [4.78, 5) is 65.6. The van der Waals surface area contributed by atoms with Crippen molar-refractivity contribution in [3.63, 3.8) is 0 Å². The third-order valence-electron chi connectivity index (χ3n) is 8.00. The molecule has 2 aliphatic heterocycles. The van der Waals surface area contributed by atoms with E-state index in [0.717, 1.165) is 53.3 Å². The number of carbonyl (C=O) groups is 4.